The third kappa shape index (κ3) is 4.13. The second kappa shape index (κ2) is 8.01. The number of benzene rings is 2. The monoisotopic (exact) mass is 408 g/mol. The number of rotatable bonds is 2. The molecule has 0 aliphatic carbocycles. The molecule has 1 saturated heterocycles. The van der Waals surface area contributed by atoms with Crippen LogP contribution >= 0.6 is 0 Å². The Bertz CT molecular complexity index is 925. The van der Waals surface area contributed by atoms with E-state index in [1.165, 1.54) is 5.56 Å². The number of hydrogen-bond acceptors (Lipinski definition) is 4. The first-order valence-electron chi connectivity index (χ1n) is 10.4. The van der Waals surface area contributed by atoms with Crippen LogP contribution in [0.25, 0.3) is 0 Å². The highest BCUT2D eigenvalue weighted by Gasteiger charge is 2.33. The van der Waals surface area contributed by atoms with Crippen molar-refractivity contribution < 1.29 is 19.1 Å². The smallest absolute Gasteiger partial charge is 0.267 e. The van der Waals surface area contributed by atoms with Crippen LogP contribution in [0, 0.1) is 0 Å². The van der Waals surface area contributed by atoms with Crippen molar-refractivity contribution >= 4 is 11.8 Å². The topological polar surface area (TPSA) is 59.1 Å². The molecule has 1 atom stereocenters. The Hall–Kier alpha value is -3.02. The molecule has 6 heteroatoms. The number of hydrogen-bond donors (Lipinski definition) is 0. The van der Waals surface area contributed by atoms with Crippen LogP contribution in [0.5, 0.6) is 11.5 Å². The van der Waals surface area contributed by atoms with Crippen LogP contribution in [0.1, 0.15) is 36.7 Å². The summed E-state index contributed by atoms with van der Waals surface area (Å²) in [5.74, 6) is 1.17. The summed E-state index contributed by atoms with van der Waals surface area (Å²) in [5, 5.41) is 0. The van der Waals surface area contributed by atoms with Gasteiger partial charge in [-0.1, -0.05) is 45.0 Å². The van der Waals surface area contributed by atoms with E-state index in [4.69, 9.17) is 9.47 Å². The van der Waals surface area contributed by atoms with Crippen molar-refractivity contribution in [2.24, 2.45) is 0 Å². The van der Waals surface area contributed by atoms with Gasteiger partial charge < -0.3 is 19.3 Å². The molecular weight excluding hydrogens is 380 g/mol. The lowest BCUT2D eigenvalue weighted by molar-refractivity contribution is -0.142. The first-order chi connectivity index (χ1) is 14.3. The molecule has 2 aliphatic heterocycles. The van der Waals surface area contributed by atoms with Crippen LogP contribution in [-0.2, 0) is 10.2 Å². The van der Waals surface area contributed by atoms with Gasteiger partial charge in [0, 0.05) is 31.7 Å². The summed E-state index contributed by atoms with van der Waals surface area (Å²) in [6.45, 7) is 8.66. The van der Waals surface area contributed by atoms with Gasteiger partial charge in [0.1, 0.15) is 6.61 Å². The zero-order chi connectivity index (χ0) is 21.3. The minimum atomic E-state index is -0.646. The minimum Gasteiger partial charge on any atom is -0.485 e. The van der Waals surface area contributed by atoms with Crippen molar-refractivity contribution in [3.63, 3.8) is 0 Å². The molecule has 1 unspecified atom stereocenters. The molecule has 2 aromatic rings. The van der Waals surface area contributed by atoms with Gasteiger partial charge in [-0.05, 0) is 35.2 Å². The Morgan fingerprint density at radius 2 is 1.47 bits per heavy atom. The summed E-state index contributed by atoms with van der Waals surface area (Å²) in [6.07, 6.45) is -0.646. The summed E-state index contributed by atoms with van der Waals surface area (Å²) >= 11 is 0. The Kier molecular flexibility index (Phi) is 5.41. The highest BCUT2D eigenvalue weighted by Crippen LogP contribution is 2.31. The molecule has 1 fully saturated rings. The average molecular weight is 408 g/mol. The van der Waals surface area contributed by atoms with Crippen LogP contribution in [0.15, 0.2) is 48.5 Å². The quantitative estimate of drug-likeness (QED) is 0.766. The van der Waals surface area contributed by atoms with Gasteiger partial charge in [0.25, 0.3) is 11.8 Å². The van der Waals surface area contributed by atoms with Gasteiger partial charge in [0.2, 0.25) is 6.10 Å². The first-order valence-corrected chi connectivity index (χ1v) is 10.4. The molecular formula is C24H28N2O4. The molecule has 2 heterocycles. The number of fused-ring (bicyclic) bond motifs is 1. The molecule has 0 saturated carbocycles. The van der Waals surface area contributed by atoms with Crippen LogP contribution in [-0.4, -0.2) is 60.5 Å². The van der Waals surface area contributed by atoms with Gasteiger partial charge in [0.05, 0.1) is 0 Å². The fourth-order valence-corrected chi connectivity index (χ4v) is 3.77. The molecule has 0 radical (unpaired) electrons. The Balaban J connectivity index is 1.33. The predicted molar refractivity (Wildman–Crippen MR) is 114 cm³/mol. The summed E-state index contributed by atoms with van der Waals surface area (Å²) in [7, 11) is 0. The van der Waals surface area contributed by atoms with Crippen LogP contribution in [0.4, 0.5) is 0 Å². The molecule has 4 rings (SSSR count). The van der Waals surface area contributed by atoms with Crippen molar-refractivity contribution in [3.05, 3.63) is 59.7 Å². The maximum atomic E-state index is 12.9. The van der Waals surface area contributed by atoms with Crippen molar-refractivity contribution in [3.8, 4) is 11.5 Å². The first kappa shape index (κ1) is 20.3. The summed E-state index contributed by atoms with van der Waals surface area (Å²) < 4.78 is 11.5. The van der Waals surface area contributed by atoms with E-state index in [0.29, 0.717) is 43.2 Å². The van der Waals surface area contributed by atoms with Crippen LogP contribution < -0.4 is 9.47 Å². The van der Waals surface area contributed by atoms with E-state index < -0.39 is 6.10 Å². The highest BCUT2D eigenvalue weighted by molar-refractivity contribution is 5.94. The largest absolute Gasteiger partial charge is 0.485 e. The minimum absolute atomic E-state index is 0.00809. The van der Waals surface area contributed by atoms with Crippen LogP contribution in [0.2, 0.25) is 0 Å². The van der Waals surface area contributed by atoms with Crippen molar-refractivity contribution in [2.75, 3.05) is 32.8 Å². The van der Waals surface area contributed by atoms with Crippen molar-refractivity contribution in [1.29, 1.82) is 0 Å². The fraction of sp³-hybridized carbons (Fsp3) is 0.417. The molecule has 158 valence electrons. The van der Waals surface area contributed by atoms with E-state index in [2.05, 4.69) is 20.8 Å². The van der Waals surface area contributed by atoms with E-state index >= 15 is 0 Å². The lowest BCUT2D eigenvalue weighted by atomic mass is 9.86. The Labute approximate surface area is 177 Å². The van der Waals surface area contributed by atoms with Gasteiger partial charge >= 0.3 is 0 Å². The fourth-order valence-electron chi connectivity index (χ4n) is 3.77. The van der Waals surface area contributed by atoms with E-state index in [-0.39, 0.29) is 23.8 Å². The number of nitrogens with zero attached hydrogens (tertiary/aromatic N) is 2. The normalized spacial score (nSPS) is 18.8. The number of ether oxygens (including phenoxy) is 2. The second-order valence-electron chi connectivity index (χ2n) is 8.81. The van der Waals surface area contributed by atoms with Crippen LogP contribution in [0.3, 0.4) is 0 Å². The summed E-state index contributed by atoms with van der Waals surface area (Å²) in [6, 6.07) is 15.2. The van der Waals surface area contributed by atoms with Crippen molar-refractivity contribution in [1.82, 2.24) is 9.80 Å². The summed E-state index contributed by atoms with van der Waals surface area (Å²) in [4.78, 5) is 29.3. The third-order valence-electron chi connectivity index (χ3n) is 5.66. The van der Waals surface area contributed by atoms with Gasteiger partial charge in [-0.15, -0.1) is 0 Å². The lowest BCUT2D eigenvalue weighted by Crippen LogP contribution is -2.55. The molecule has 0 spiro atoms. The third-order valence-corrected chi connectivity index (χ3v) is 5.66. The van der Waals surface area contributed by atoms with Gasteiger partial charge in [0.15, 0.2) is 11.5 Å². The van der Waals surface area contributed by atoms with Gasteiger partial charge in [-0.3, -0.25) is 9.59 Å². The SMILES string of the molecule is CC(C)(C)c1ccc(C(=O)N2CCN(C(=O)C3COc4ccccc4O3)CC2)cc1. The maximum absolute atomic E-state index is 12.9. The Morgan fingerprint density at radius 3 is 2.10 bits per heavy atom. The number of carbonyl (C=O) groups excluding carboxylic acids is 2. The molecule has 0 bridgehead atoms. The van der Waals surface area contributed by atoms with Gasteiger partial charge in [-0.2, -0.15) is 0 Å². The molecule has 2 aromatic carbocycles. The van der Waals surface area contributed by atoms with E-state index in [1.807, 2.05) is 47.4 Å². The molecule has 2 amide bonds. The van der Waals surface area contributed by atoms with E-state index in [1.54, 1.807) is 11.0 Å². The zero-order valence-corrected chi connectivity index (χ0v) is 17.8. The molecule has 6 nitrogen and oxygen atoms in total. The molecule has 0 N–H and O–H groups in total. The molecule has 2 aliphatic rings. The zero-order valence-electron chi connectivity index (χ0n) is 17.8. The number of amides is 2. The lowest BCUT2D eigenvalue weighted by Gasteiger charge is -2.37. The standard InChI is InChI=1S/C24H28N2O4/c1-24(2,3)18-10-8-17(9-11-18)22(27)25-12-14-26(15-13-25)23(28)21-16-29-19-6-4-5-7-20(19)30-21/h4-11,21H,12-16H2,1-3H3. The predicted octanol–water partition coefficient (Wildman–Crippen LogP) is 3.11. The number of para-hydroxylation sites is 2. The number of piperazine rings is 1. The van der Waals surface area contributed by atoms with E-state index in [9.17, 15) is 9.59 Å². The Morgan fingerprint density at radius 1 is 0.867 bits per heavy atom. The second-order valence-corrected chi connectivity index (χ2v) is 8.81. The highest BCUT2D eigenvalue weighted by atomic mass is 16.6. The van der Waals surface area contributed by atoms with E-state index in [0.717, 1.165) is 0 Å². The summed E-state index contributed by atoms with van der Waals surface area (Å²) in [5.41, 5.74) is 1.94. The molecule has 0 aromatic heterocycles. The van der Waals surface area contributed by atoms with Crippen molar-refractivity contribution in [2.45, 2.75) is 32.3 Å². The maximum Gasteiger partial charge on any atom is 0.267 e. The molecule has 30 heavy (non-hydrogen) atoms. The average Bonchev–Trinajstić information content (AvgIpc) is 2.77. The van der Waals surface area contributed by atoms with Gasteiger partial charge in [-0.25, -0.2) is 0 Å². The number of carbonyl (C=O) groups is 2.